The number of fused-ring (bicyclic) bond motifs is 3. The Labute approximate surface area is 179 Å². The number of benzene rings is 2. The lowest BCUT2D eigenvalue weighted by Crippen LogP contribution is -2.22. The summed E-state index contributed by atoms with van der Waals surface area (Å²) in [6, 6.07) is 12.6. The number of carbonyl (C=O) groups excluding carboxylic acids is 1. The van der Waals surface area contributed by atoms with E-state index in [-0.39, 0.29) is 5.97 Å². The van der Waals surface area contributed by atoms with E-state index in [2.05, 4.69) is 10.2 Å². The van der Waals surface area contributed by atoms with Crippen LogP contribution in [0.4, 0.5) is 0 Å². The minimum absolute atomic E-state index is 0.366. The highest BCUT2D eigenvalue weighted by molar-refractivity contribution is 6.30. The summed E-state index contributed by atoms with van der Waals surface area (Å²) >= 11 is 6.10. The van der Waals surface area contributed by atoms with E-state index in [1.807, 2.05) is 54.0 Å². The minimum atomic E-state index is -0.581. The molecule has 1 aromatic heterocycles. The SMILES string of the molecule is COC(=O)[C@H](C)[C@@H]1N=C(c2ccc(Cl)cc2)c2ccc(OC)cc2-n2c(C)nnc21. The maximum Gasteiger partial charge on any atom is 0.311 e. The van der Waals surface area contributed by atoms with Crippen molar-refractivity contribution in [1.82, 2.24) is 14.8 Å². The Bertz CT molecular complexity index is 1140. The van der Waals surface area contributed by atoms with E-state index in [9.17, 15) is 4.79 Å². The molecule has 7 nitrogen and oxygen atoms in total. The Kier molecular flexibility index (Phi) is 5.30. The fourth-order valence-corrected chi connectivity index (χ4v) is 3.77. The highest BCUT2D eigenvalue weighted by atomic mass is 35.5. The molecule has 0 fully saturated rings. The highest BCUT2D eigenvalue weighted by Crippen LogP contribution is 2.36. The van der Waals surface area contributed by atoms with Crippen LogP contribution in [0.5, 0.6) is 5.75 Å². The second-order valence-corrected chi connectivity index (χ2v) is 7.50. The largest absolute Gasteiger partial charge is 0.497 e. The van der Waals surface area contributed by atoms with Gasteiger partial charge >= 0.3 is 5.97 Å². The summed E-state index contributed by atoms with van der Waals surface area (Å²) in [5.41, 5.74) is 3.32. The molecule has 0 aliphatic carbocycles. The first-order valence-electron chi connectivity index (χ1n) is 9.47. The van der Waals surface area contributed by atoms with Crippen LogP contribution in [-0.2, 0) is 9.53 Å². The van der Waals surface area contributed by atoms with Crippen molar-refractivity contribution in [2.45, 2.75) is 19.9 Å². The number of halogens is 1. The number of carbonyl (C=O) groups is 1. The number of aryl methyl sites for hydroxylation is 1. The molecule has 2 atom stereocenters. The summed E-state index contributed by atoms with van der Waals surface area (Å²) in [5.74, 6) is 1.03. The van der Waals surface area contributed by atoms with Gasteiger partial charge in [0, 0.05) is 22.2 Å². The molecule has 0 spiro atoms. The number of aliphatic imine (C=N–C) groups is 1. The number of rotatable bonds is 4. The van der Waals surface area contributed by atoms with Gasteiger partial charge in [0.15, 0.2) is 5.82 Å². The van der Waals surface area contributed by atoms with Crippen molar-refractivity contribution in [3.05, 3.63) is 70.3 Å². The van der Waals surface area contributed by atoms with Gasteiger partial charge in [-0.2, -0.15) is 0 Å². The molecular weight excluding hydrogens is 404 g/mol. The number of esters is 1. The molecule has 2 heterocycles. The van der Waals surface area contributed by atoms with Crippen LogP contribution in [0, 0.1) is 12.8 Å². The Morgan fingerprint density at radius 3 is 2.53 bits per heavy atom. The number of ether oxygens (including phenoxy) is 2. The van der Waals surface area contributed by atoms with Crippen LogP contribution in [0.15, 0.2) is 47.5 Å². The summed E-state index contributed by atoms with van der Waals surface area (Å²) in [5, 5.41) is 9.26. The number of methoxy groups -OCH3 is 2. The minimum Gasteiger partial charge on any atom is -0.497 e. The molecule has 0 N–H and O–H groups in total. The van der Waals surface area contributed by atoms with Gasteiger partial charge in [-0.1, -0.05) is 23.7 Å². The van der Waals surface area contributed by atoms with E-state index < -0.39 is 12.0 Å². The fourth-order valence-electron chi connectivity index (χ4n) is 3.65. The van der Waals surface area contributed by atoms with E-state index in [1.165, 1.54) is 7.11 Å². The lowest BCUT2D eigenvalue weighted by Gasteiger charge is -2.17. The molecule has 0 saturated heterocycles. The van der Waals surface area contributed by atoms with Gasteiger partial charge in [0.05, 0.1) is 31.5 Å². The lowest BCUT2D eigenvalue weighted by atomic mass is 9.99. The molecule has 0 amide bonds. The third kappa shape index (κ3) is 3.35. The molecule has 8 heteroatoms. The quantitative estimate of drug-likeness (QED) is 0.593. The van der Waals surface area contributed by atoms with Gasteiger partial charge in [-0.3, -0.25) is 14.4 Å². The molecular formula is C22H21ClN4O3. The van der Waals surface area contributed by atoms with Gasteiger partial charge in [0.2, 0.25) is 0 Å². The predicted molar refractivity (Wildman–Crippen MR) is 114 cm³/mol. The van der Waals surface area contributed by atoms with Crippen molar-refractivity contribution in [2.24, 2.45) is 10.9 Å². The highest BCUT2D eigenvalue weighted by Gasteiger charge is 2.35. The number of hydrogen-bond acceptors (Lipinski definition) is 6. The number of nitrogens with zero attached hydrogens (tertiary/aromatic N) is 4. The third-order valence-electron chi connectivity index (χ3n) is 5.25. The molecule has 30 heavy (non-hydrogen) atoms. The molecule has 3 aromatic rings. The third-order valence-corrected chi connectivity index (χ3v) is 5.50. The molecule has 0 saturated carbocycles. The summed E-state index contributed by atoms with van der Waals surface area (Å²) in [4.78, 5) is 17.4. The first kappa shape index (κ1) is 20.1. The van der Waals surface area contributed by atoms with Crippen LogP contribution >= 0.6 is 11.6 Å². The Hall–Kier alpha value is -3.19. The van der Waals surface area contributed by atoms with Crippen LogP contribution in [0.2, 0.25) is 5.02 Å². The average Bonchev–Trinajstić information content (AvgIpc) is 3.07. The van der Waals surface area contributed by atoms with E-state index in [1.54, 1.807) is 14.0 Å². The molecule has 1 aliphatic heterocycles. The zero-order valence-electron chi connectivity index (χ0n) is 17.1. The van der Waals surface area contributed by atoms with Crippen LogP contribution < -0.4 is 4.74 Å². The maximum absolute atomic E-state index is 12.4. The Balaban J connectivity index is 2.02. The predicted octanol–water partition coefficient (Wildman–Crippen LogP) is 3.94. The zero-order chi connectivity index (χ0) is 21.4. The van der Waals surface area contributed by atoms with Gasteiger partial charge in [-0.25, -0.2) is 0 Å². The van der Waals surface area contributed by atoms with Gasteiger partial charge < -0.3 is 9.47 Å². The average molecular weight is 425 g/mol. The normalized spacial score (nSPS) is 16.0. The summed E-state index contributed by atoms with van der Waals surface area (Å²) < 4.78 is 12.4. The first-order chi connectivity index (χ1) is 14.4. The van der Waals surface area contributed by atoms with Crippen molar-refractivity contribution >= 4 is 23.3 Å². The molecule has 2 aromatic carbocycles. The Morgan fingerprint density at radius 1 is 1.13 bits per heavy atom. The van der Waals surface area contributed by atoms with E-state index >= 15 is 0 Å². The second kappa shape index (κ2) is 7.91. The summed E-state index contributed by atoms with van der Waals surface area (Å²) in [6.07, 6.45) is 0. The number of hydrogen-bond donors (Lipinski definition) is 0. The van der Waals surface area contributed by atoms with Gasteiger partial charge in [-0.05, 0) is 38.1 Å². The molecule has 0 unspecified atom stereocenters. The van der Waals surface area contributed by atoms with Gasteiger partial charge in [-0.15, -0.1) is 10.2 Å². The van der Waals surface area contributed by atoms with E-state index in [0.29, 0.717) is 22.4 Å². The lowest BCUT2D eigenvalue weighted by molar-refractivity contribution is -0.145. The fraction of sp³-hybridized carbons (Fsp3) is 0.273. The van der Waals surface area contributed by atoms with Crippen LogP contribution in [-0.4, -0.2) is 40.7 Å². The maximum atomic E-state index is 12.4. The van der Waals surface area contributed by atoms with Crippen LogP contribution in [0.1, 0.15) is 35.7 Å². The molecule has 0 radical (unpaired) electrons. The molecule has 0 bridgehead atoms. The van der Waals surface area contributed by atoms with Gasteiger partial charge in [0.1, 0.15) is 17.6 Å². The van der Waals surface area contributed by atoms with Crippen molar-refractivity contribution in [1.29, 1.82) is 0 Å². The first-order valence-corrected chi connectivity index (χ1v) is 9.84. The standard InChI is InChI=1S/C22H21ClN4O3/c1-12(22(28)30-4)19-21-26-25-13(2)27(21)18-11-16(29-3)9-10-17(18)20(24-19)14-5-7-15(23)8-6-14/h5-12,19H,1-4H3/t12-,19+/m1/s1. The molecule has 4 rings (SSSR count). The zero-order valence-corrected chi connectivity index (χ0v) is 17.8. The van der Waals surface area contributed by atoms with Crippen molar-refractivity contribution < 1.29 is 14.3 Å². The van der Waals surface area contributed by atoms with Crippen LogP contribution in [0.25, 0.3) is 5.69 Å². The molecule has 1 aliphatic rings. The van der Waals surface area contributed by atoms with Crippen molar-refractivity contribution in [3.8, 4) is 11.4 Å². The van der Waals surface area contributed by atoms with Crippen molar-refractivity contribution in [3.63, 3.8) is 0 Å². The van der Waals surface area contributed by atoms with Crippen LogP contribution in [0.3, 0.4) is 0 Å². The summed E-state index contributed by atoms with van der Waals surface area (Å²) in [7, 11) is 2.99. The van der Waals surface area contributed by atoms with Crippen molar-refractivity contribution in [2.75, 3.05) is 14.2 Å². The summed E-state index contributed by atoms with van der Waals surface area (Å²) in [6.45, 7) is 3.65. The molecule has 154 valence electrons. The monoisotopic (exact) mass is 424 g/mol. The smallest absolute Gasteiger partial charge is 0.311 e. The number of aromatic nitrogens is 3. The van der Waals surface area contributed by atoms with Gasteiger partial charge in [0.25, 0.3) is 0 Å². The second-order valence-electron chi connectivity index (χ2n) is 7.07. The Morgan fingerprint density at radius 2 is 1.87 bits per heavy atom. The van der Waals surface area contributed by atoms with E-state index in [4.69, 9.17) is 26.1 Å². The van der Waals surface area contributed by atoms with E-state index in [0.717, 1.165) is 22.5 Å². The topological polar surface area (TPSA) is 78.6 Å².